The standard InChI is InChI=1S/C21H28N2O2.ClH/c1-17-12-13-19(23-21(24)11-7-2-3-8-14-22)20(15-17)25-16-18-9-5-4-6-10-18;/h4-6,9-10,12-13,15H,2-3,7-8,11,14,16,22H2,1H3,(H,23,24);1H. The highest BCUT2D eigenvalue weighted by molar-refractivity contribution is 5.92. The molecule has 0 atom stereocenters. The molecule has 0 saturated heterocycles. The number of hydrogen-bond donors (Lipinski definition) is 2. The van der Waals surface area contributed by atoms with Crippen molar-refractivity contribution in [3.63, 3.8) is 0 Å². The van der Waals surface area contributed by atoms with Crippen molar-refractivity contribution in [1.29, 1.82) is 0 Å². The lowest BCUT2D eigenvalue weighted by molar-refractivity contribution is -0.116. The van der Waals surface area contributed by atoms with E-state index in [0.29, 0.717) is 18.8 Å². The van der Waals surface area contributed by atoms with Crippen LogP contribution in [0, 0.1) is 6.92 Å². The molecular weight excluding hydrogens is 348 g/mol. The number of nitrogens with one attached hydrogen (secondary N) is 1. The average molecular weight is 377 g/mol. The minimum atomic E-state index is 0. The molecule has 0 aromatic heterocycles. The lowest BCUT2D eigenvalue weighted by Gasteiger charge is -2.13. The number of rotatable bonds is 10. The van der Waals surface area contributed by atoms with E-state index in [-0.39, 0.29) is 18.3 Å². The van der Waals surface area contributed by atoms with Gasteiger partial charge in [0, 0.05) is 6.42 Å². The van der Waals surface area contributed by atoms with E-state index in [1.54, 1.807) is 0 Å². The molecule has 2 aromatic carbocycles. The molecule has 0 unspecified atom stereocenters. The molecule has 142 valence electrons. The summed E-state index contributed by atoms with van der Waals surface area (Å²) in [6.07, 6.45) is 4.56. The summed E-state index contributed by atoms with van der Waals surface area (Å²) >= 11 is 0. The summed E-state index contributed by atoms with van der Waals surface area (Å²) in [6.45, 7) is 3.21. The molecule has 4 nitrogen and oxygen atoms in total. The Morgan fingerprint density at radius 1 is 1.04 bits per heavy atom. The number of aryl methyl sites for hydroxylation is 1. The molecule has 0 aliphatic rings. The zero-order chi connectivity index (χ0) is 17.9. The van der Waals surface area contributed by atoms with E-state index >= 15 is 0 Å². The summed E-state index contributed by atoms with van der Waals surface area (Å²) in [5.41, 5.74) is 8.41. The second-order valence-electron chi connectivity index (χ2n) is 6.27. The van der Waals surface area contributed by atoms with E-state index in [1.807, 2.05) is 55.5 Å². The van der Waals surface area contributed by atoms with Gasteiger partial charge in [-0.3, -0.25) is 4.79 Å². The van der Waals surface area contributed by atoms with Crippen molar-refractivity contribution in [2.24, 2.45) is 5.73 Å². The lowest BCUT2D eigenvalue weighted by Crippen LogP contribution is -2.12. The van der Waals surface area contributed by atoms with Crippen molar-refractivity contribution in [1.82, 2.24) is 0 Å². The summed E-state index contributed by atoms with van der Waals surface area (Å²) < 4.78 is 5.93. The summed E-state index contributed by atoms with van der Waals surface area (Å²) in [4.78, 5) is 12.2. The zero-order valence-corrected chi connectivity index (χ0v) is 16.2. The van der Waals surface area contributed by atoms with Crippen molar-refractivity contribution >= 4 is 24.0 Å². The molecule has 0 bridgehead atoms. The molecule has 1 amide bonds. The maximum Gasteiger partial charge on any atom is 0.224 e. The predicted molar refractivity (Wildman–Crippen MR) is 110 cm³/mol. The number of carbonyl (C=O) groups excluding carboxylic acids is 1. The van der Waals surface area contributed by atoms with Gasteiger partial charge in [-0.2, -0.15) is 0 Å². The number of benzene rings is 2. The molecule has 0 aliphatic heterocycles. The molecule has 3 N–H and O–H groups in total. The Kier molecular flexibility index (Phi) is 10.4. The van der Waals surface area contributed by atoms with Gasteiger partial charge in [-0.25, -0.2) is 0 Å². The summed E-state index contributed by atoms with van der Waals surface area (Å²) in [5, 5.41) is 2.98. The first-order chi connectivity index (χ1) is 12.2. The van der Waals surface area contributed by atoms with Crippen LogP contribution in [-0.4, -0.2) is 12.5 Å². The SMILES string of the molecule is Cc1ccc(NC(=O)CCCCCCN)c(OCc2ccccc2)c1.Cl. The molecule has 0 fully saturated rings. The monoisotopic (exact) mass is 376 g/mol. The van der Waals surface area contributed by atoms with Gasteiger partial charge in [0.05, 0.1) is 5.69 Å². The number of halogens is 1. The Labute approximate surface area is 162 Å². The molecule has 0 radical (unpaired) electrons. The first-order valence-corrected chi connectivity index (χ1v) is 8.96. The van der Waals surface area contributed by atoms with Gasteiger partial charge in [0.1, 0.15) is 12.4 Å². The molecule has 0 saturated carbocycles. The summed E-state index contributed by atoms with van der Waals surface area (Å²) in [7, 11) is 0. The lowest BCUT2D eigenvalue weighted by atomic mass is 10.1. The third kappa shape index (κ3) is 7.89. The maximum atomic E-state index is 12.2. The van der Waals surface area contributed by atoms with E-state index in [1.165, 1.54) is 0 Å². The first-order valence-electron chi connectivity index (χ1n) is 8.96. The van der Waals surface area contributed by atoms with Crippen LogP contribution in [-0.2, 0) is 11.4 Å². The fourth-order valence-electron chi connectivity index (χ4n) is 2.58. The number of hydrogen-bond acceptors (Lipinski definition) is 3. The second-order valence-corrected chi connectivity index (χ2v) is 6.27. The predicted octanol–water partition coefficient (Wildman–Crippen LogP) is 4.84. The minimum Gasteiger partial charge on any atom is -0.487 e. The van der Waals surface area contributed by atoms with Crippen LogP contribution >= 0.6 is 12.4 Å². The molecule has 2 rings (SSSR count). The molecule has 0 aliphatic carbocycles. The number of ether oxygens (including phenoxy) is 1. The molecule has 26 heavy (non-hydrogen) atoms. The quantitative estimate of drug-likeness (QED) is 0.583. The highest BCUT2D eigenvalue weighted by Crippen LogP contribution is 2.27. The van der Waals surface area contributed by atoms with Gasteiger partial charge in [-0.05, 0) is 49.6 Å². The number of amides is 1. The van der Waals surface area contributed by atoms with Crippen LogP contribution in [0.15, 0.2) is 48.5 Å². The second kappa shape index (κ2) is 12.3. The van der Waals surface area contributed by atoms with Crippen molar-refractivity contribution in [3.05, 3.63) is 59.7 Å². The van der Waals surface area contributed by atoms with E-state index in [9.17, 15) is 4.79 Å². The molecule has 5 heteroatoms. The van der Waals surface area contributed by atoms with Gasteiger partial charge in [-0.15, -0.1) is 12.4 Å². The fourth-order valence-corrected chi connectivity index (χ4v) is 2.58. The van der Waals surface area contributed by atoms with Gasteiger partial charge in [0.15, 0.2) is 0 Å². The largest absolute Gasteiger partial charge is 0.487 e. The van der Waals surface area contributed by atoms with Gasteiger partial charge < -0.3 is 15.8 Å². The Hall–Kier alpha value is -2.04. The highest BCUT2D eigenvalue weighted by Gasteiger charge is 2.09. The first kappa shape index (κ1) is 22.0. The van der Waals surface area contributed by atoms with E-state index in [0.717, 1.165) is 49.0 Å². The van der Waals surface area contributed by atoms with Crippen LogP contribution in [0.1, 0.15) is 43.2 Å². The number of nitrogens with two attached hydrogens (primary N) is 1. The van der Waals surface area contributed by atoms with E-state index in [2.05, 4.69) is 5.32 Å². The number of anilines is 1. The minimum absolute atomic E-state index is 0. The molecule has 0 spiro atoms. The number of unbranched alkanes of at least 4 members (excludes halogenated alkanes) is 3. The van der Waals surface area contributed by atoms with Crippen LogP contribution in [0.25, 0.3) is 0 Å². The van der Waals surface area contributed by atoms with Crippen molar-refractivity contribution in [2.45, 2.75) is 45.6 Å². The van der Waals surface area contributed by atoms with Gasteiger partial charge in [-0.1, -0.05) is 49.2 Å². The molecular formula is C21H29ClN2O2. The van der Waals surface area contributed by atoms with Crippen LogP contribution < -0.4 is 15.8 Å². The van der Waals surface area contributed by atoms with Crippen LogP contribution in [0.3, 0.4) is 0 Å². The van der Waals surface area contributed by atoms with Crippen molar-refractivity contribution in [3.8, 4) is 5.75 Å². The van der Waals surface area contributed by atoms with Gasteiger partial charge in [0.25, 0.3) is 0 Å². The Bertz CT molecular complexity index is 662. The molecule has 0 heterocycles. The van der Waals surface area contributed by atoms with Crippen LogP contribution in [0.4, 0.5) is 5.69 Å². The van der Waals surface area contributed by atoms with Gasteiger partial charge in [0.2, 0.25) is 5.91 Å². The van der Waals surface area contributed by atoms with Crippen molar-refractivity contribution < 1.29 is 9.53 Å². The zero-order valence-electron chi connectivity index (χ0n) is 15.4. The number of carbonyl (C=O) groups is 1. The average Bonchev–Trinajstić information content (AvgIpc) is 2.62. The van der Waals surface area contributed by atoms with E-state index in [4.69, 9.17) is 10.5 Å². The highest BCUT2D eigenvalue weighted by atomic mass is 35.5. The Morgan fingerprint density at radius 3 is 2.50 bits per heavy atom. The Balaban J connectivity index is 0.00000338. The Morgan fingerprint density at radius 2 is 1.77 bits per heavy atom. The summed E-state index contributed by atoms with van der Waals surface area (Å²) in [6, 6.07) is 15.8. The van der Waals surface area contributed by atoms with Gasteiger partial charge >= 0.3 is 0 Å². The van der Waals surface area contributed by atoms with E-state index < -0.39 is 0 Å². The van der Waals surface area contributed by atoms with Crippen molar-refractivity contribution in [2.75, 3.05) is 11.9 Å². The topological polar surface area (TPSA) is 64.4 Å². The third-order valence-electron chi connectivity index (χ3n) is 4.01. The van der Waals surface area contributed by atoms with Crippen LogP contribution in [0.5, 0.6) is 5.75 Å². The maximum absolute atomic E-state index is 12.2. The third-order valence-corrected chi connectivity index (χ3v) is 4.01. The van der Waals surface area contributed by atoms with Crippen LogP contribution in [0.2, 0.25) is 0 Å². The normalized spacial score (nSPS) is 10.1. The smallest absolute Gasteiger partial charge is 0.224 e. The summed E-state index contributed by atoms with van der Waals surface area (Å²) in [5.74, 6) is 0.737. The fraction of sp³-hybridized carbons (Fsp3) is 0.381. The molecule has 2 aromatic rings.